The lowest BCUT2D eigenvalue weighted by Gasteiger charge is -2.27. The molecule has 0 aromatic carbocycles. The van der Waals surface area contributed by atoms with Crippen LogP contribution in [0.2, 0.25) is 0 Å². The fraction of sp³-hybridized carbons (Fsp3) is 0.750. The van der Waals surface area contributed by atoms with E-state index in [0.717, 1.165) is 0 Å². The smallest absolute Gasteiger partial charge is 0.356 e. The Morgan fingerprint density at radius 3 is 2.74 bits per heavy atom. The summed E-state index contributed by atoms with van der Waals surface area (Å²) in [5, 5.41) is 3.73. The van der Waals surface area contributed by atoms with E-state index in [0.29, 0.717) is 12.8 Å². The summed E-state index contributed by atoms with van der Waals surface area (Å²) in [5.41, 5.74) is 4.98. The van der Waals surface area contributed by atoms with Crippen molar-refractivity contribution < 1.29 is 23.9 Å². The predicted molar refractivity (Wildman–Crippen MR) is 65.2 cm³/mol. The maximum Gasteiger partial charge on any atom is 0.356 e. The van der Waals surface area contributed by atoms with E-state index in [-0.39, 0.29) is 25.0 Å². The summed E-state index contributed by atoms with van der Waals surface area (Å²) < 4.78 is 9.91. The molecule has 0 saturated heterocycles. The van der Waals surface area contributed by atoms with Gasteiger partial charge >= 0.3 is 11.9 Å². The van der Waals surface area contributed by atoms with Crippen LogP contribution in [0.15, 0.2) is 5.16 Å². The Hall–Kier alpha value is -1.63. The second-order valence-corrected chi connectivity index (χ2v) is 4.62. The van der Waals surface area contributed by atoms with Crippen molar-refractivity contribution in [1.82, 2.24) is 0 Å². The first-order chi connectivity index (χ1) is 9.04. The van der Waals surface area contributed by atoms with E-state index in [9.17, 15) is 9.59 Å². The molecule has 0 aromatic rings. The number of ether oxygens (including phenoxy) is 2. The molecule has 19 heavy (non-hydrogen) atoms. The maximum atomic E-state index is 12.0. The van der Waals surface area contributed by atoms with E-state index in [1.807, 2.05) is 0 Å². The number of hydrogen-bond acceptors (Lipinski definition) is 7. The van der Waals surface area contributed by atoms with Crippen molar-refractivity contribution in [2.75, 3.05) is 13.2 Å². The Labute approximate surface area is 111 Å². The van der Waals surface area contributed by atoms with Gasteiger partial charge < -0.3 is 20.0 Å². The molecule has 3 atom stereocenters. The number of rotatable bonds is 4. The third-order valence-corrected chi connectivity index (χ3v) is 3.49. The van der Waals surface area contributed by atoms with E-state index in [1.54, 1.807) is 13.8 Å². The van der Waals surface area contributed by atoms with Gasteiger partial charge in [-0.15, -0.1) is 0 Å². The summed E-state index contributed by atoms with van der Waals surface area (Å²) in [6, 6.07) is 0. The predicted octanol–water partition coefficient (Wildman–Crippen LogP) is -0.0251. The molecule has 2 N–H and O–H groups in total. The lowest BCUT2D eigenvalue weighted by molar-refractivity contribution is -0.150. The van der Waals surface area contributed by atoms with Crippen molar-refractivity contribution in [3.8, 4) is 0 Å². The SMILES string of the molecule is CCOC(=O)C1=NO[C@H]2CC[C@](N)(C(=O)OCC)[C@@H]12. The molecule has 106 valence electrons. The lowest BCUT2D eigenvalue weighted by atomic mass is 9.83. The molecule has 0 unspecified atom stereocenters. The van der Waals surface area contributed by atoms with Crippen LogP contribution in [0.5, 0.6) is 0 Å². The third kappa shape index (κ3) is 2.18. The van der Waals surface area contributed by atoms with E-state index >= 15 is 0 Å². The molecule has 1 saturated carbocycles. The van der Waals surface area contributed by atoms with Gasteiger partial charge in [-0.05, 0) is 26.7 Å². The normalized spacial score (nSPS) is 32.3. The molecule has 7 nitrogen and oxygen atoms in total. The average Bonchev–Trinajstić information content (AvgIpc) is 2.93. The van der Waals surface area contributed by atoms with Gasteiger partial charge in [-0.1, -0.05) is 5.16 Å². The number of carbonyl (C=O) groups is 2. The van der Waals surface area contributed by atoms with Crippen LogP contribution in [0.25, 0.3) is 0 Å². The highest BCUT2D eigenvalue weighted by molar-refractivity contribution is 6.38. The van der Waals surface area contributed by atoms with E-state index < -0.39 is 23.4 Å². The molecule has 0 amide bonds. The zero-order valence-electron chi connectivity index (χ0n) is 11.0. The highest BCUT2D eigenvalue weighted by Crippen LogP contribution is 2.41. The number of nitrogens with two attached hydrogens (primary N) is 1. The van der Waals surface area contributed by atoms with Gasteiger partial charge in [0, 0.05) is 0 Å². The second kappa shape index (κ2) is 5.16. The second-order valence-electron chi connectivity index (χ2n) is 4.62. The van der Waals surface area contributed by atoms with Crippen LogP contribution in [0, 0.1) is 5.92 Å². The van der Waals surface area contributed by atoms with Crippen molar-refractivity contribution >= 4 is 17.7 Å². The molecule has 0 aromatic heterocycles. The molecule has 0 radical (unpaired) electrons. The molecule has 2 aliphatic rings. The number of nitrogens with zero attached hydrogens (tertiary/aromatic N) is 1. The zero-order chi connectivity index (χ0) is 14.0. The van der Waals surface area contributed by atoms with Gasteiger partial charge in [0.05, 0.1) is 19.1 Å². The summed E-state index contributed by atoms with van der Waals surface area (Å²) in [5.74, 6) is -1.70. The number of esters is 2. The van der Waals surface area contributed by atoms with Crippen molar-refractivity contribution in [1.29, 1.82) is 0 Å². The van der Waals surface area contributed by atoms with Gasteiger partial charge in [-0.25, -0.2) is 4.79 Å². The quantitative estimate of drug-likeness (QED) is 0.720. The minimum absolute atomic E-state index is 0.0832. The highest BCUT2D eigenvalue weighted by atomic mass is 16.6. The molecule has 1 aliphatic carbocycles. The highest BCUT2D eigenvalue weighted by Gasteiger charge is 2.60. The molecule has 1 aliphatic heterocycles. The topological polar surface area (TPSA) is 100 Å². The largest absolute Gasteiger partial charge is 0.465 e. The number of carbonyl (C=O) groups excluding carboxylic acids is 2. The van der Waals surface area contributed by atoms with Crippen molar-refractivity contribution in [2.24, 2.45) is 16.8 Å². The van der Waals surface area contributed by atoms with Crippen LogP contribution in [0.4, 0.5) is 0 Å². The Morgan fingerprint density at radius 1 is 1.42 bits per heavy atom. The number of fused-ring (bicyclic) bond motifs is 1. The fourth-order valence-corrected chi connectivity index (χ4v) is 2.61. The average molecular weight is 270 g/mol. The standard InChI is InChI=1S/C12H18N2O5/c1-3-17-10(15)9-8-7(19-14-9)5-6-12(8,13)11(16)18-4-2/h7-8H,3-6,13H2,1-2H3/t7-,8+,12+/m0/s1. The summed E-state index contributed by atoms with van der Waals surface area (Å²) >= 11 is 0. The third-order valence-electron chi connectivity index (χ3n) is 3.49. The Balaban J connectivity index is 2.22. The first-order valence-corrected chi connectivity index (χ1v) is 6.41. The maximum absolute atomic E-state index is 12.0. The van der Waals surface area contributed by atoms with E-state index in [4.69, 9.17) is 20.0 Å². The fourth-order valence-electron chi connectivity index (χ4n) is 2.61. The van der Waals surface area contributed by atoms with Crippen molar-refractivity contribution in [3.05, 3.63) is 0 Å². The van der Waals surface area contributed by atoms with Gasteiger partial charge in [-0.3, -0.25) is 4.79 Å². The molecule has 1 heterocycles. The van der Waals surface area contributed by atoms with E-state index in [1.165, 1.54) is 0 Å². The minimum atomic E-state index is -1.26. The van der Waals surface area contributed by atoms with Crippen molar-refractivity contribution in [3.63, 3.8) is 0 Å². The Morgan fingerprint density at radius 2 is 2.11 bits per heavy atom. The van der Waals surface area contributed by atoms with E-state index in [2.05, 4.69) is 5.16 Å². The number of hydrogen-bond donors (Lipinski definition) is 1. The van der Waals surface area contributed by atoms with Gasteiger partial charge in [0.25, 0.3) is 0 Å². The van der Waals surface area contributed by atoms with Crippen molar-refractivity contribution in [2.45, 2.75) is 38.3 Å². The molecular weight excluding hydrogens is 252 g/mol. The summed E-state index contributed by atoms with van der Waals surface area (Å²) in [7, 11) is 0. The zero-order valence-corrected chi connectivity index (χ0v) is 11.0. The van der Waals surface area contributed by atoms with Gasteiger partial charge in [0.15, 0.2) is 5.71 Å². The van der Waals surface area contributed by atoms with Gasteiger partial charge in [0.1, 0.15) is 11.6 Å². The van der Waals surface area contributed by atoms with Crippen LogP contribution in [-0.4, -0.2) is 42.5 Å². The molecule has 2 rings (SSSR count). The monoisotopic (exact) mass is 270 g/mol. The molecule has 0 spiro atoms. The number of oxime groups is 1. The first kappa shape index (κ1) is 13.8. The van der Waals surface area contributed by atoms with Crippen LogP contribution in [0.3, 0.4) is 0 Å². The molecule has 7 heteroatoms. The lowest BCUT2D eigenvalue weighted by Crippen LogP contribution is -2.56. The van der Waals surface area contributed by atoms with Crippen LogP contribution in [0.1, 0.15) is 26.7 Å². The van der Waals surface area contributed by atoms with Crippen LogP contribution in [-0.2, 0) is 23.9 Å². The van der Waals surface area contributed by atoms with Crippen LogP contribution < -0.4 is 5.73 Å². The Kier molecular flexibility index (Phi) is 3.75. The molecular formula is C12H18N2O5. The first-order valence-electron chi connectivity index (χ1n) is 6.41. The Bertz CT molecular complexity index is 422. The molecule has 0 bridgehead atoms. The van der Waals surface area contributed by atoms with Crippen LogP contribution >= 0.6 is 0 Å². The minimum Gasteiger partial charge on any atom is -0.465 e. The van der Waals surface area contributed by atoms with Gasteiger partial charge in [-0.2, -0.15) is 0 Å². The summed E-state index contributed by atoms with van der Waals surface area (Å²) in [6.07, 6.45) is 0.611. The summed E-state index contributed by atoms with van der Waals surface area (Å²) in [6.45, 7) is 3.87. The van der Waals surface area contributed by atoms with Gasteiger partial charge in [0.2, 0.25) is 0 Å². The summed E-state index contributed by atoms with van der Waals surface area (Å²) in [4.78, 5) is 29.0. The molecule has 1 fully saturated rings.